The van der Waals surface area contributed by atoms with Gasteiger partial charge in [0.1, 0.15) is 0 Å². The first-order valence-electron chi connectivity index (χ1n) is 8.31. The van der Waals surface area contributed by atoms with Crippen molar-refractivity contribution in [3.05, 3.63) is 35.4 Å². The fraction of sp³-hybridized carbons (Fsp3) is 0.667. The Morgan fingerprint density at radius 2 is 2.14 bits per heavy atom. The number of hydrogen-bond acceptors (Lipinski definition) is 3. The Labute approximate surface area is 128 Å². The molecule has 1 aliphatic carbocycles. The average molecular weight is 288 g/mol. The Balaban J connectivity index is 1.76. The molecule has 3 atom stereocenters. The maximum atomic E-state index is 5.38. The van der Waals surface area contributed by atoms with Gasteiger partial charge in [0.15, 0.2) is 0 Å². The van der Waals surface area contributed by atoms with Crippen LogP contribution in [0.5, 0.6) is 0 Å². The summed E-state index contributed by atoms with van der Waals surface area (Å²) < 4.78 is 5.38. The highest BCUT2D eigenvalue weighted by molar-refractivity contribution is 5.34. The molecule has 1 aromatic carbocycles. The number of piperidine rings is 1. The van der Waals surface area contributed by atoms with E-state index in [1.54, 1.807) is 0 Å². The Bertz CT molecular complexity index is 460. The number of methoxy groups -OCH3 is 1. The number of benzene rings is 1. The van der Waals surface area contributed by atoms with Crippen LogP contribution in [0.2, 0.25) is 0 Å². The lowest BCUT2D eigenvalue weighted by molar-refractivity contribution is 0.0516. The summed E-state index contributed by atoms with van der Waals surface area (Å²) in [5, 5.41) is 3.58. The third-order valence-corrected chi connectivity index (χ3v) is 5.22. The van der Waals surface area contributed by atoms with Crippen LogP contribution in [0.4, 0.5) is 0 Å². The van der Waals surface area contributed by atoms with Gasteiger partial charge in [-0.15, -0.1) is 0 Å². The van der Waals surface area contributed by atoms with E-state index in [9.17, 15) is 0 Å². The summed E-state index contributed by atoms with van der Waals surface area (Å²) >= 11 is 0. The number of rotatable bonds is 4. The van der Waals surface area contributed by atoms with Gasteiger partial charge in [0, 0.05) is 25.7 Å². The first kappa shape index (κ1) is 15.0. The number of nitrogens with one attached hydrogen (secondary N) is 1. The van der Waals surface area contributed by atoms with E-state index < -0.39 is 0 Å². The van der Waals surface area contributed by atoms with Gasteiger partial charge in [0.2, 0.25) is 0 Å². The molecule has 1 aliphatic heterocycles. The van der Waals surface area contributed by atoms with Crippen LogP contribution in [-0.2, 0) is 11.2 Å². The Morgan fingerprint density at radius 3 is 2.95 bits per heavy atom. The predicted molar refractivity (Wildman–Crippen MR) is 86.5 cm³/mol. The second-order valence-electron chi connectivity index (χ2n) is 6.53. The zero-order chi connectivity index (χ0) is 14.7. The maximum absolute atomic E-state index is 5.38. The molecule has 0 aromatic heterocycles. The number of ether oxygens (including phenoxy) is 1. The number of nitrogens with zero attached hydrogens (tertiary/aromatic N) is 1. The fourth-order valence-corrected chi connectivity index (χ4v) is 4.25. The van der Waals surface area contributed by atoms with Gasteiger partial charge in [-0.2, -0.15) is 0 Å². The van der Waals surface area contributed by atoms with Crippen LogP contribution in [0.15, 0.2) is 24.3 Å². The van der Waals surface area contributed by atoms with Gasteiger partial charge in [-0.05, 0) is 56.3 Å². The van der Waals surface area contributed by atoms with Gasteiger partial charge in [0.05, 0.1) is 6.61 Å². The highest BCUT2D eigenvalue weighted by Crippen LogP contribution is 2.34. The summed E-state index contributed by atoms with van der Waals surface area (Å²) in [5.74, 6) is 0.707. The van der Waals surface area contributed by atoms with Crippen molar-refractivity contribution in [3.63, 3.8) is 0 Å². The number of aryl methyl sites for hydroxylation is 1. The third-order valence-electron chi connectivity index (χ3n) is 5.22. The summed E-state index contributed by atoms with van der Waals surface area (Å²) in [7, 11) is 3.93. The second-order valence-corrected chi connectivity index (χ2v) is 6.53. The van der Waals surface area contributed by atoms with E-state index in [0.717, 1.165) is 6.61 Å². The molecule has 21 heavy (non-hydrogen) atoms. The molecule has 116 valence electrons. The highest BCUT2D eigenvalue weighted by Gasteiger charge is 2.34. The van der Waals surface area contributed by atoms with E-state index in [1.807, 2.05) is 7.11 Å². The van der Waals surface area contributed by atoms with Crippen LogP contribution < -0.4 is 5.32 Å². The van der Waals surface area contributed by atoms with Crippen LogP contribution in [0.25, 0.3) is 0 Å². The molecule has 0 spiro atoms. The largest absolute Gasteiger partial charge is 0.384 e. The quantitative estimate of drug-likeness (QED) is 0.922. The van der Waals surface area contributed by atoms with Gasteiger partial charge in [-0.3, -0.25) is 4.90 Å². The number of fused-ring (bicyclic) bond motifs is 1. The average Bonchev–Trinajstić information content (AvgIpc) is 2.54. The van der Waals surface area contributed by atoms with Crippen LogP contribution >= 0.6 is 0 Å². The van der Waals surface area contributed by atoms with Crippen molar-refractivity contribution in [2.45, 2.75) is 37.8 Å². The van der Waals surface area contributed by atoms with Crippen LogP contribution in [0.3, 0.4) is 0 Å². The first-order chi connectivity index (χ1) is 10.3. The van der Waals surface area contributed by atoms with Gasteiger partial charge < -0.3 is 10.1 Å². The molecule has 0 saturated carbocycles. The Kier molecular flexibility index (Phi) is 4.94. The smallest absolute Gasteiger partial charge is 0.0502 e. The maximum Gasteiger partial charge on any atom is 0.0502 e. The SMILES string of the molecule is CNC1c2ccccc2CCC1N1CCCC(COC)C1. The van der Waals surface area contributed by atoms with E-state index in [0.29, 0.717) is 18.0 Å². The topological polar surface area (TPSA) is 24.5 Å². The highest BCUT2D eigenvalue weighted by atomic mass is 16.5. The summed E-state index contributed by atoms with van der Waals surface area (Å²) in [5.41, 5.74) is 3.03. The molecule has 3 heteroatoms. The van der Waals surface area contributed by atoms with Crippen molar-refractivity contribution in [1.29, 1.82) is 0 Å². The monoisotopic (exact) mass is 288 g/mol. The minimum Gasteiger partial charge on any atom is -0.384 e. The zero-order valence-electron chi connectivity index (χ0n) is 13.3. The van der Waals surface area contributed by atoms with Gasteiger partial charge >= 0.3 is 0 Å². The van der Waals surface area contributed by atoms with Crippen molar-refractivity contribution in [2.24, 2.45) is 5.92 Å². The minimum absolute atomic E-state index is 0.469. The minimum atomic E-state index is 0.469. The summed E-state index contributed by atoms with van der Waals surface area (Å²) in [6, 6.07) is 10.0. The lowest BCUT2D eigenvalue weighted by atomic mass is 9.82. The van der Waals surface area contributed by atoms with Crippen LogP contribution in [-0.4, -0.2) is 44.8 Å². The Hall–Kier alpha value is -0.900. The molecule has 0 amide bonds. The first-order valence-corrected chi connectivity index (χ1v) is 8.31. The number of likely N-dealkylation sites (tertiary alicyclic amines) is 1. The Morgan fingerprint density at radius 1 is 1.29 bits per heavy atom. The summed E-state index contributed by atoms with van der Waals surface area (Å²) in [4.78, 5) is 2.71. The molecule has 1 heterocycles. The lowest BCUT2D eigenvalue weighted by Gasteiger charge is -2.44. The molecule has 1 N–H and O–H groups in total. The molecule has 1 aromatic rings. The molecule has 1 fully saturated rings. The van der Waals surface area contributed by atoms with Crippen LogP contribution in [0, 0.1) is 5.92 Å². The van der Waals surface area contributed by atoms with Crippen LogP contribution in [0.1, 0.15) is 36.4 Å². The van der Waals surface area contributed by atoms with Gasteiger partial charge in [-0.1, -0.05) is 24.3 Å². The molecule has 0 bridgehead atoms. The molecule has 2 aliphatic rings. The fourth-order valence-electron chi connectivity index (χ4n) is 4.25. The second kappa shape index (κ2) is 6.91. The van der Waals surface area contributed by atoms with E-state index >= 15 is 0 Å². The van der Waals surface area contributed by atoms with Crippen molar-refractivity contribution in [1.82, 2.24) is 10.2 Å². The lowest BCUT2D eigenvalue weighted by Crippen LogP contribution is -2.50. The van der Waals surface area contributed by atoms with E-state index in [-0.39, 0.29) is 0 Å². The molecule has 3 unspecified atom stereocenters. The van der Waals surface area contributed by atoms with E-state index in [2.05, 4.69) is 41.5 Å². The standard InChI is InChI=1S/C18H28N2O/c1-19-18-16-8-4-3-7-15(16)9-10-17(18)20-11-5-6-14(12-20)13-21-2/h3-4,7-8,14,17-19H,5-6,9-13H2,1-2H3. The number of hydrogen-bond donors (Lipinski definition) is 1. The summed E-state index contributed by atoms with van der Waals surface area (Å²) in [6.45, 7) is 3.34. The molecular weight excluding hydrogens is 260 g/mol. The van der Waals surface area contributed by atoms with Crippen molar-refractivity contribution < 1.29 is 4.74 Å². The normalized spacial score (nSPS) is 30.1. The third kappa shape index (κ3) is 3.15. The van der Waals surface area contributed by atoms with E-state index in [1.165, 1.54) is 49.9 Å². The molecular formula is C18H28N2O. The molecule has 1 saturated heterocycles. The van der Waals surface area contributed by atoms with Crippen molar-refractivity contribution in [3.8, 4) is 0 Å². The van der Waals surface area contributed by atoms with Crippen molar-refractivity contribution >= 4 is 0 Å². The molecule has 3 nitrogen and oxygen atoms in total. The molecule has 3 rings (SSSR count). The van der Waals surface area contributed by atoms with Gasteiger partial charge in [-0.25, -0.2) is 0 Å². The van der Waals surface area contributed by atoms with E-state index in [4.69, 9.17) is 4.74 Å². The zero-order valence-corrected chi connectivity index (χ0v) is 13.3. The van der Waals surface area contributed by atoms with Gasteiger partial charge in [0.25, 0.3) is 0 Å². The summed E-state index contributed by atoms with van der Waals surface area (Å²) in [6.07, 6.45) is 5.10. The van der Waals surface area contributed by atoms with Crippen molar-refractivity contribution in [2.75, 3.05) is 33.9 Å². The molecule has 0 radical (unpaired) electrons. The number of likely N-dealkylation sites (N-methyl/N-ethyl adjacent to an activating group) is 1. The predicted octanol–water partition coefficient (Wildman–Crippen LogP) is 2.62.